The predicted octanol–water partition coefficient (Wildman–Crippen LogP) is 2.42. The van der Waals surface area contributed by atoms with E-state index in [0.29, 0.717) is 5.56 Å². The van der Waals surface area contributed by atoms with E-state index >= 15 is 0 Å². The maximum absolute atomic E-state index is 11.0. The van der Waals surface area contributed by atoms with Gasteiger partial charge in [0, 0.05) is 5.56 Å². The van der Waals surface area contributed by atoms with Crippen molar-refractivity contribution in [3.63, 3.8) is 0 Å². The van der Waals surface area contributed by atoms with Crippen molar-refractivity contribution in [1.29, 1.82) is 0 Å². The van der Waals surface area contributed by atoms with Gasteiger partial charge in [0.2, 0.25) is 0 Å². The number of hydrogen-bond acceptors (Lipinski definition) is 4. The van der Waals surface area contributed by atoms with Crippen LogP contribution in [0.1, 0.15) is 39.7 Å². The van der Waals surface area contributed by atoms with Crippen LogP contribution in [0.5, 0.6) is 0 Å². The zero-order chi connectivity index (χ0) is 15.6. The Morgan fingerprint density at radius 2 is 1.05 bits per heavy atom. The zero-order valence-corrected chi connectivity index (χ0v) is 12.4. The molecule has 0 spiro atoms. The quantitative estimate of drug-likeness (QED) is 0.829. The Morgan fingerprint density at radius 1 is 0.750 bits per heavy atom. The standard InChI is InChI=1S/C14H20N2O4/c1-6-7(2)9(4)11(10(5)8(6)3)12(19-13(15)17)20-14(16)18/h12H,1-5H3,(H2,15,17)(H2,16,18). The van der Waals surface area contributed by atoms with Crippen molar-refractivity contribution in [2.75, 3.05) is 0 Å². The minimum atomic E-state index is -1.23. The van der Waals surface area contributed by atoms with Gasteiger partial charge in [0.1, 0.15) is 0 Å². The van der Waals surface area contributed by atoms with Gasteiger partial charge in [-0.25, -0.2) is 9.59 Å². The molecule has 4 N–H and O–H groups in total. The number of rotatable bonds is 3. The molecule has 110 valence electrons. The highest BCUT2D eigenvalue weighted by molar-refractivity contribution is 5.67. The van der Waals surface area contributed by atoms with E-state index < -0.39 is 18.5 Å². The smallest absolute Gasteiger partial charge is 0.404 e. The van der Waals surface area contributed by atoms with Gasteiger partial charge in [0.15, 0.2) is 0 Å². The number of nitrogens with two attached hydrogens (primary N) is 2. The number of ether oxygens (including phenoxy) is 2. The van der Waals surface area contributed by atoms with E-state index in [1.807, 2.05) is 34.6 Å². The third-order valence-electron chi connectivity index (χ3n) is 3.74. The van der Waals surface area contributed by atoms with Crippen LogP contribution in [0.2, 0.25) is 0 Å². The fourth-order valence-corrected chi connectivity index (χ4v) is 2.24. The van der Waals surface area contributed by atoms with Crippen LogP contribution in [-0.4, -0.2) is 12.2 Å². The number of carbonyl (C=O) groups is 2. The molecule has 1 aromatic carbocycles. The molecule has 6 heteroatoms. The Kier molecular flexibility index (Phi) is 4.60. The second-order valence-electron chi connectivity index (χ2n) is 4.74. The average Bonchev–Trinajstić information content (AvgIpc) is 2.32. The molecule has 0 aromatic heterocycles. The van der Waals surface area contributed by atoms with E-state index in [0.717, 1.165) is 27.8 Å². The van der Waals surface area contributed by atoms with E-state index in [1.165, 1.54) is 0 Å². The topological polar surface area (TPSA) is 105 Å². The van der Waals surface area contributed by atoms with E-state index in [-0.39, 0.29) is 0 Å². The van der Waals surface area contributed by atoms with Gasteiger partial charge in [-0.15, -0.1) is 0 Å². The van der Waals surface area contributed by atoms with Crippen molar-refractivity contribution in [2.24, 2.45) is 11.5 Å². The summed E-state index contributed by atoms with van der Waals surface area (Å²) >= 11 is 0. The first kappa shape index (κ1) is 15.8. The normalized spacial score (nSPS) is 10.5. The molecule has 0 radical (unpaired) electrons. The average molecular weight is 280 g/mol. The van der Waals surface area contributed by atoms with Crippen LogP contribution in [-0.2, 0) is 9.47 Å². The molecule has 0 atom stereocenters. The summed E-state index contributed by atoms with van der Waals surface area (Å²) in [7, 11) is 0. The summed E-state index contributed by atoms with van der Waals surface area (Å²) in [6, 6.07) is 0. The molecule has 6 nitrogen and oxygen atoms in total. The van der Waals surface area contributed by atoms with Crippen LogP contribution in [0.3, 0.4) is 0 Å². The Bertz CT molecular complexity index is 522. The summed E-state index contributed by atoms with van der Waals surface area (Å²) in [5.74, 6) is 0. The van der Waals surface area contributed by atoms with Gasteiger partial charge in [-0.2, -0.15) is 0 Å². The van der Waals surface area contributed by atoms with Crippen LogP contribution in [0, 0.1) is 34.6 Å². The number of benzene rings is 1. The summed E-state index contributed by atoms with van der Waals surface area (Å²) in [5, 5.41) is 0. The zero-order valence-electron chi connectivity index (χ0n) is 12.4. The van der Waals surface area contributed by atoms with Crippen molar-refractivity contribution in [1.82, 2.24) is 0 Å². The predicted molar refractivity (Wildman–Crippen MR) is 74.2 cm³/mol. The SMILES string of the molecule is Cc1c(C)c(C)c(C(OC(N)=O)OC(N)=O)c(C)c1C. The Morgan fingerprint density at radius 3 is 1.35 bits per heavy atom. The van der Waals surface area contributed by atoms with Crippen LogP contribution in [0.25, 0.3) is 0 Å². The van der Waals surface area contributed by atoms with Gasteiger partial charge in [-0.05, 0) is 62.4 Å². The largest absolute Gasteiger partial charge is 0.407 e. The molecule has 0 bridgehead atoms. The first-order valence-corrected chi connectivity index (χ1v) is 6.15. The van der Waals surface area contributed by atoms with Crippen LogP contribution in [0.4, 0.5) is 9.59 Å². The van der Waals surface area contributed by atoms with Crippen molar-refractivity contribution < 1.29 is 19.1 Å². The Hall–Kier alpha value is -2.24. The summed E-state index contributed by atoms with van der Waals surface area (Å²) in [5.41, 5.74) is 15.6. The van der Waals surface area contributed by atoms with Crippen molar-refractivity contribution in [2.45, 2.75) is 40.9 Å². The molecular formula is C14H20N2O4. The first-order chi connectivity index (χ1) is 9.16. The highest BCUT2D eigenvalue weighted by Crippen LogP contribution is 2.32. The first-order valence-electron chi connectivity index (χ1n) is 6.15. The number of hydrogen-bond donors (Lipinski definition) is 2. The molecule has 0 fully saturated rings. The highest BCUT2D eigenvalue weighted by atomic mass is 16.7. The number of amides is 2. The molecule has 0 aliphatic carbocycles. The molecule has 2 amide bonds. The van der Waals surface area contributed by atoms with Crippen molar-refractivity contribution in [3.05, 3.63) is 33.4 Å². The monoisotopic (exact) mass is 280 g/mol. The molecule has 0 unspecified atom stereocenters. The molecule has 20 heavy (non-hydrogen) atoms. The van der Waals surface area contributed by atoms with Gasteiger partial charge in [0.25, 0.3) is 6.29 Å². The molecule has 0 saturated heterocycles. The maximum Gasteiger partial charge on any atom is 0.407 e. The lowest BCUT2D eigenvalue weighted by Crippen LogP contribution is -2.26. The molecule has 0 aliphatic rings. The minimum Gasteiger partial charge on any atom is -0.404 e. The Balaban J connectivity index is 3.46. The van der Waals surface area contributed by atoms with Gasteiger partial charge in [-0.3, -0.25) is 0 Å². The van der Waals surface area contributed by atoms with Gasteiger partial charge >= 0.3 is 12.2 Å². The lowest BCUT2D eigenvalue weighted by Gasteiger charge is -2.24. The van der Waals surface area contributed by atoms with E-state index in [4.69, 9.17) is 20.9 Å². The second kappa shape index (κ2) is 5.81. The molecule has 1 aromatic rings. The van der Waals surface area contributed by atoms with Crippen molar-refractivity contribution >= 4 is 12.2 Å². The van der Waals surface area contributed by atoms with E-state index in [9.17, 15) is 9.59 Å². The van der Waals surface area contributed by atoms with Crippen LogP contribution in [0.15, 0.2) is 0 Å². The second-order valence-corrected chi connectivity index (χ2v) is 4.74. The summed E-state index contributed by atoms with van der Waals surface area (Å²) in [6.07, 6.45) is -3.31. The van der Waals surface area contributed by atoms with Gasteiger partial charge < -0.3 is 20.9 Å². The minimum absolute atomic E-state index is 0.600. The third-order valence-corrected chi connectivity index (χ3v) is 3.74. The van der Waals surface area contributed by atoms with Crippen molar-refractivity contribution in [3.8, 4) is 0 Å². The van der Waals surface area contributed by atoms with Gasteiger partial charge in [0.05, 0.1) is 0 Å². The van der Waals surface area contributed by atoms with E-state index in [1.54, 1.807) is 0 Å². The molecule has 0 aliphatic heterocycles. The summed E-state index contributed by atoms with van der Waals surface area (Å²) in [4.78, 5) is 22.0. The highest BCUT2D eigenvalue weighted by Gasteiger charge is 2.25. The summed E-state index contributed by atoms with van der Waals surface area (Å²) in [6.45, 7) is 9.64. The van der Waals surface area contributed by atoms with Crippen LogP contribution >= 0.6 is 0 Å². The van der Waals surface area contributed by atoms with E-state index in [2.05, 4.69) is 0 Å². The number of primary amides is 2. The number of carbonyl (C=O) groups excluding carboxylic acids is 2. The molecular weight excluding hydrogens is 260 g/mol. The van der Waals surface area contributed by atoms with Crippen LogP contribution < -0.4 is 11.5 Å². The Labute approximate surface area is 118 Å². The van der Waals surface area contributed by atoms with Gasteiger partial charge in [-0.1, -0.05) is 0 Å². The molecule has 1 rings (SSSR count). The third kappa shape index (κ3) is 3.01. The lowest BCUT2D eigenvalue weighted by atomic mass is 9.89. The fraction of sp³-hybridized carbons (Fsp3) is 0.429. The maximum atomic E-state index is 11.0. The summed E-state index contributed by atoms with van der Waals surface area (Å²) < 4.78 is 9.75. The fourth-order valence-electron chi connectivity index (χ4n) is 2.24. The molecule has 0 heterocycles. The lowest BCUT2D eigenvalue weighted by molar-refractivity contribution is -0.0586. The molecule has 0 saturated carbocycles.